The second kappa shape index (κ2) is 7.34. The van der Waals surface area contributed by atoms with Crippen molar-refractivity contribution in [3.8, 4) is 11.4 Å². The molecule has 0 aliphatic carbocycles. The Morgan fingerprint density at radius 1 is 1.08 bits per heavy atom. The van der Waals surface area contributed by atoms with Crippen molar-refractivity contribution in [1.82, 2.24) is 20.2 Å². The maximum Gasteiger partial charge on any atom is 0.573 e. The van der Waals surface area contributed by atoms with E-state index in [9.17, 15) is 18.0 Å². The van der Waals surface area contributed by atoms with Crippen LogP contribution in [0.2, 0.25) is 0 Å². The van der Waals surface area contributed by atoms with Crippen molar-refractivity contribution >= 4 is 5.78 Å². The number of nitrogens with zero attached hydrogens (tertiary/aromatic N) is 4. The Balaban J connectivity index is 1.75. The van der Waals surface area contributed by atoms with Gasteiger partial charge in [0.05, 0.1) is 5.69 Å². The summed E-state index contributed by atoms with van der Waals surface area (Å²) in [5.74, 6) is -0.0930. The third kappa shape index (κ3) is 4.44. The lowest BCUT2D eigenvalue weighted by molar-refractivity contribution is -0.274. The second-order valence-electron chi connectivity index (χ2n) is 5.34. The molecule has 0 amide bonds. The molecule has 9 heteroatoms. The summed E-state index contributed by atoms with van der Waals surface area (Å²) >= 11 is 0. The first-order chi connectivity index (χ1) is 12.4. The predicted molar refractivity (Wildman–Crippen MR) is 84.9 cm³/mol. The number of alkyl halides is 3. The van der Waals surface area contributed by atoms with Gasteiger partial charge in [-0.3, -0.25) is 4.79 Å². The number of hydrogen-bond acceptors (Lipinski definition) is 5. The number of halogens is 3. The predicted octanol–water partition coefficient (Wildman–Crippen LogP) is 3.38. The first-order valence-corrected chi connectivity index (χ1v) is 7.64. The highest BCUT2D eigenvalue weighted by Crippen LogP contribution is 2.24. The van der Waals surface area contributed by atoms with Crippen LogP contribution in [0.15, 0.2) is 54.6 Å². The first kappa shape index (κ1) is 17.6. The lowest BCUT2D eigenvalue weighted by Gasteiger charge is -2.10. The summed E-state index contributed by atoms with van der Waals surface area (Å²) in [5.41, 5.74) is 0.881. The van der Waals surface area contributed by atoms with E-state index in [0.29, 0.717) is 17.1 Å². The lowest BCUT2D eigenvalue weighted by atomic mass is 10.1. The summed E-state index contributed by atoms with van der Waals surface area (Å²) < 4.78 is 42.3. The minimum atomic E-state index is -4.79. The number of ketones is 1. The van der Waals surface area contributed by atoms with Crippen molar-refractivity contribution < 1.29 is 22.7 Å². The van der Waals surface area contributed by atoms with E-state index in [-0.39, 0.29) is 24.4 Å². The number of hydrogen-bond donors (Lipinski definition) is 0. The van der Waals surface area contributed by atoms with E-state index in [1.165, 1.54) is 22.9 Å². The minimum Gasteiger partial charge on any atom is -0.406 e. The average molecular weight is 362 g/mol. The van der Waals surface area contributed by atoms with Gasteiger partial charge in [-0.2, -0.15) is 4.68 Å². The first-order valence-electron chi connectivity index (χ1n) is 7.64. The number of ether oxygens (including phenoxy) is 1. The van der Waals surface area contributed by atoms with E-state index in [0.717, 1.165) is 0 Å². The molecule has 0 atom stereocenters. The smallest absolute Gasteiger partial charge is 0.406 e. The number of Topliss-reactive ketones (excluding diaryl/α,β-unsaturated/α-hetero) is 1. The van der Waals surface area contributed by atoms with Crippen LogP contribution in [0.25, 0.3) is 5.69 Å². The highest BCUT2D eigenvalue weighted by Gasteiger charge is 2.31. The molecule has 134 valence electrons. The molecule has 0 bridgehead atoms. The van der Waals surface area contributed by atoms with Crippen molar-refractivity contribution in [2.45, 2.75) is 19.2 Å². The number of aryl methyl sites for hydroxylation is 1. The topological polar surface area (TPSA) is 69.9 Å². The molecule has 0 N–H and O–H groups in total. The fourth-order valence-corrected chi connectivity index (χ4v) is 2.37. The summed E-state index contributed by atoms with van der Waals surface area (Å²) in [6.45, 7) is 0. The standard InChI is InChI=1S/C17H13F3N4O2/c18-17(19,20)26-14-8-4-7-13(11-14)24-16(21-22-23-24)10-9-15(25)12-5-2-1-3-6-12/h1-8,11H,9-10H2. The lowest BCUT2D eigenvalue weighted by Crippen LogP contribution is -2.17. The van der Waals surface area contributed by atoms with Crippen LogP contribution in [0.5, 0.6) is 5.75 Å². The SMILES string of the molecule is O=C(CCc1nnnn1-c1cccc(OC(F)(F)F)c1)c1ccccc1. The molecule has 0 aliphatic rings. The van der Waals surface area contributed by atoms with Crippen LogP contribution in [-0.4, -0.2) is 32.4 Å². The second-order valence-corrected chi connectivity index (χ2v) is 5.34. The van der Waals surface area contributed by atoms with Crippen molar-refractivity contribution in [3.05, 3.63) is 66.0 Å². The Morgan fingerprint density at radius 2 is 1.85 bits per heavy atom. The third-order valence-corrected chi connectivity index (χ3v) is 3.50. The largest absolute Gasteiger partial charge is 0.573 e. The Bertz CT molecular complexity index is 894. The Labute approximate surface area is 146 Å². The van der Waals surface area contributed by atoms with Crippen LogP contribution >= 0.6 is 0 Å². The van der Waals surface area contributed by atoms with E-state index in [1.54, 1.807) is 30.3 Å². The van der Waals surface area contributed by atoms with Crippen LogP contribution in [0, 0.1) is 0 Å². The fourth-order valence-electron chi connectivity index (χ4n) is 2.37. The highest BCUT2D eigenvalue weighted by molar-refractivity contribution is 5.96. The van der Waals surface area contributed by atoms with Crippen LogP contribution in [0.1, 0.15) is 22.6 Å². The van der Waals surface area contributed by atoms with Crippen LogP contribution in [-0.2, 0) is 6.42 Å². The molecule has 0 saturated carbocycles. The number of carbonyl (C=O) groups is 1. The van der Waals surface area contributed by atoms with Gasteiger partial charge in [0.25, 0.3) is 0 Å². The van der Waals surface area contributed by atoms with E-state index in [2.05, 4.69) is 20.3 Å². The molecule has 0 spiro atoms. The molecule has 0 fully saturated rings. The van der Waals surface area contributed by atoms with Crippen molar-refractivity contribution in [2.24, 2.45) is 0 Å². The number of aromatic nitrogens is 4. The van der Waals surface area contributed by atoms with Crippen LogP contribution < -0.4 is 4.74 Å². The molecule has 0 saturated heterocycles. The number of rotatable bonds is 6. The molecule has 0 unspecified atom stereocenters. The monoisotopic (exact) mass is 362 g/mol. The number of carbonyl (C=O) groups excluding carboxylic acids is 1. The van der Waals surface area contributed by atoms with Gasteiger partial charge >= 0.3 is 6.36 Å². The Morgan fingerprint density at radius 3 is 2.58 bits per heavy atom. The molecule has 3 aromatic rings. The van der Waals surface area contributed by atoms with Gasteiger partial charge in [0, 0.05) is 24.5 Å². The maximum absolute atomic E-state index is 12.4. The zero-order valence-corrected chi connectivity index (χ0v) is 13.3. The van der Waals surface area contributed by atoms with Gasteiger partial charge in [-0.15, -0.1) is 18.3 Å². The Hall–Kier alpha value is -3.23. The summed E-state index contributed by atoms with van der Waals surface area (Å²) in [5, 5.41) is 11.2. The van der Waals surface area contributed by atoms with Gasteiger partial charge in [0.15, 0.2) is 11.6 Å². The van der Waals surface area contributed by atoms with E-state index >= 15 is 0 Å². The molecule has 3 rings (SSSR count). The van der Waals surface area contributed by atoms with E-state index in [4.69, 9.17) is 0 Å². The summed E-state index contributed by atoms with van der Waals surface area (Å²) in [7, 11) is 0. The van der Waals surface area contributed by atoms with Gasteiger partial charge in [-0.1, -0.05) is 36.4 Å². The molecule has 6 nitrogen and oxygen atoms in total. The molecule has 1 heterocycles. The van der Waals surface area contributed by atoms with Gasteiger partial charge in [0.2, 0.25) is 0 Å². The van der Waals surface area contributed by atoms with Crippen molar-refractivity contribution in [1.29, 1.82) is 0 Å². The number of benzene rings is 2. The molecule has 26 heavy (non-hydrogen) atoms. The van der Waals surface area contributed by atoms with Crippen molar-refractivity contribution in [2.75, 3.05) is 0 Å². The summed E-state index contributed by atoms with van der Waals surface area (Å²) in [6.07, 6.45) is -4.38. The normalized spacial score (nSPS) is 11.3. The zero-order valence-electron chi connectivity index (χ0n) is 13.3. The average Bonchev–Trinajstić information content (AvgIpc) is 3.08. The fraction of sp³-hybridized carbons (Fsp3) is 0.176. The highest BCUT2D eigenvalue weighted by atomic mass is 19.4. The van der Waals surface area contributed by atoms with E-state index < -0.39 is 6.36 Å². The molecule has 0 radical (unpaired) electrons. The number of tetrazole rings is 1. The van der Waals surface area contributed by atoms with Gasteiger partial charge < -0.3 is 4.74 Å². The van der Waals surface area contributed by atoms with Crippen molar-refractivity contribution in [3.63, 3.8) is 0 Å². The third-order valence-electron chi connectivity index (χ3n) is 3.50. The van der Waals surface area contributed by atoms with Crippen LogP contribution in [0.4, 0.5) is 13.2 Å². The molecule has 1 aromatic heterocycles. The molecule has 2 aromatic carbocycles. The Kier molecular flexibility index (Phi) is 4.97. The maximum atomic E-state index is 12.4. The van der Waals surface area contributed by atoms with E-state index in [1.807, 2.05) is 6.07 Å². The van der Waals surface area contributed by atoms with Gasteiger partial charge in [-0.05, 0) is 22.6 Å². The van der Waals surface area contributed by atoms with Gasteiger partial charge in [0.1, 0.15) is 5.75 Å². The molecule has 0 aliphatic heterocycles. The molecular weight excluding hydrogens is 349 g/mol. The minimum absolute atomic E-state index is 0.0747. The summed E-state index contributed by atoms with van der Waals surface area (Å²) in [4.78, 5) is 12.2. The quantitative estimate of drug-likeness (QED) is 0.629. The van der Waals surface area contributed by atoms with Crippen LogP contribution in [0.3, 0.4) is 0 Å². The molecular formula is C17H13F3N4O2. The summed E-state index contributed by atoms with van der Waals surface area (Å²) in [6, 6.07) is 14.1. The van der Waals surface area contributed by atoms with Gasteiger partial charge in [-0.25, -0.2) is 0 Å². The zero-order chi connectivity index (χ0) is 18.6.